The van der Waals surface area contributed by atoms with Gasteiger partial charge >= 0.3 is 0 Å². The second-order valence-electron chi connectivity index (χ2n) is 5.15. The van der Waals surface area contributed by atoms with Crippen LogP contribution in [-0.2, 0) is 0 Å². The van der Waals surface area contributed by atoms with E-state index < -0.39 is 0 Å². The summed E-state index contributed by atoms with van der Waals surface area (Å²) in [5.41, 5.74) is 8.17. The van der Waals surface area contributed by atoms with E-state index in [-0.39, 0.29) is 0 Å². The van der Waals surface area contributed by atoms with Crippen molar-refractivity contribution in [2.45, 2.75) is 37.8 Å². The molecule has 3 rings (SSSR count). The van der Waals surface area contributed by atoms with Crippen LogP contribution in [0.4, 0.5) is 5.69 Å². The van der Waals surface area contributed by atoms with Crippen molar-refractivity contribution in [2.24, 2.45) is 5.73 Å². The van der Waals surface area contributed by atoms with Gasteiger partial charge in [0.2, 0.25) is 0 Å². The second-order valence-corrected chi connectivity index (χ2v) is 5.15. The summed E-state index contributed by atoms with van der Waals surface area (Å²) in [5.74, 6) is 0. The van der Waals surface area contributed by atoms with Crippen LogP contribution in [0.3, 0.4) is 0 Å². The number of hydrogen-bond acceptors (Lipinski definition) is 4. The molecule has 0 spiro atoms. The van der Waals surface area contributed by atoms with Gasteiger partial charge in [0.15, 0.2) is 0 Å². The standard InChI is InChI=1S/C14H19N5/c15-11-2-1-3-13(8-11)18-12-4-6-14(7-5-12)19-10-16-9-17-19/h4-7,9-11,13,18H,1-3,8,15H2. The molecule has 1 aromatic heterocycles. The number of benzene rings is 1. The van der Waals surface area contributed by atoms with Gasteiger partial charge < -0.3 is 11.1 Å². The number of nitrogens with two attached hydrogens (primary N) is 1. The highest BCUT2D eigenvalue weighted by Crippen LogP contribution is 2.21. The highest BCUT2D eigenvalue weighted by molar-refractivity contribution is 5.49. The van der Waals surface area contributed by atoms with E-state index in [2.05, 4.69) is 27.5 Å². The number of nitrogens with zero attached hydrogens (tertiary/aromatic N) is 3. The Balaban J connectivity index is 1.66. The molecule has 2 atom stereocenters. The first-order valence-electron chi connectivity index (χ1n) is 6.78. The first-order chi connectivity index (χ1) is 9.31. The van der Waals surface area contributed by atoms with Gasteiger partial charge in [0, 0.05) is 17.8 Å². The molecule has 0 aliphatic heterocycles. The van der Waals surface area contributed by atoms with Crippen molar-refractivity contribution in [3.05, 3.63) is 36.9 Å². The fraction of sp³-hybridized carbons (Fsp3) is 0.429. The van der Waals surface area contributed by atoms with E-state index in [1.165, 1.54) is 19.2 Å². The maximum atomic E-state index is 6.01. The Labute approximate surface area is 112 Å². The molecule has 100 valence electrons. The highest BCUT2D eigenvalue weighted by atomic mass is 15.3. The van der Waals surface area contributed by atoms with Crippen molar-refractivity contribution < 1.29 is 0 Å². The van der Waals surface area contributed by atoms with Gasteiger partial charge in [-0.3, -0.25) is 0 Å². The zero-order chi connectivity index (χ0) is 13.1. The smallest absolute Gasteiger partial charge is 0.138 e. The Bertz CT molecular complexity index is 505. The van der Waals surface area contributed by atoms with Gasteiger partial charge in [-0.25, -0.2) is 9.67 Å². The molecule has 5 nitrogen and oxygen atoms in total. The van der Waals surface area contributed by atoms with Crippen LogP contribution in [0.2, 0.25) is 0 Å². The van der Waals surface area contributed by atoms with Crippen LogP contribution in [0.1, 0.15) is 25.7 Å². The maximum absolute atomic E-state index is 6.01. The Morgan fingerprint density at radius 3 is 2.74 bits per heavy atom. The molecular weight excluding hydrogens is 238 g/mol. The van der Waals surface area contributed by atoms with E-state index in [0.29, 0.717) is 12.1 Å². The predicted molar refractivity (Wildman–Crippen MR) is 75.2 cm³/mol. The predicted octanol–water partition coefficient (Wildman–Crippen LogP) is 1.95. The lowest BCUT2D eigenvalue weighted by Gasteiger charge is -2.28. The van der Waals surface area contributed by atoms with Crippen molar-refractivity contribution in [1.29, 1.82) is 0 Å². The monoisotopic (exact) mass is 257 g/mol. The Morgan fingerprint density at radius 1 is 1.21 bits per heavy atom. The zero-order valence-corrected chi connectivity index (χ0v) is 10.9. The van der Waals surface area contributed by atoms with E-state index in [1.807, 2.05) is 12.1 Å². The van der Waals surface area contributed by atoms with Gasteiger partial charge in [0.1, 0.15) is 12.7 Å². The van der Waals surface area contributed by atoms with Crippen LogP contribution in [0, 0.1) is 0 Å². The minimum atomic E-state index is 0.348. The summed E-state index contributed by atoms with van der Waals surface area (Å²) in [6.07, 6.45) is 7.88. The molecule has 1 aliphatic carbocycles. The van der Waals surface area contributed by atoms with Crippen molar-refractivity contribution in [1.82, 2.24) is 14.8 Å². The molecule has 3 N–H and O–H groups in total. The Morgan fingerprint density at radius 2 is 2.05 bits per heavy atom. The fourth-order valence-corrected chi connectivity index (χ4v) is 2.65. The summed E-state index contributed by atoms with van der Waals surface area (Å²) in [6.45, 7) is 0. The molecule has 2 unspecified atom stereocenters. The average molecular weight is 257 g/mol. The van der Waals surface area contributed by atoms with Crippen LogP contribution >= 0.6 is 0 Å². The summed E-state index contributed by atoms with van der Waals surface area (Å²) in [7, 11) is 0. The summed E-state index contributed by atoms with van der Waals surface area (Å²) >= 11 is 0. The quantitative estimate of drug-likeness (QED) is 0.881. The summed E-state index contributed by atoms with van der Waals surface area (Å²) < 4.78 is 1.75. The van der Waals surface area contributed by atoms with Crippen molar-refractivity contribution in [3.8, 4) is 5.69 Å². The topological polar surface area (TPSA) is 68.8 Å². The van der Waals surface area contributed by atoms with E-state index >= 15 is 0 Å². The first-order valence-corrected chi connectivity index (χ1v) is 6.78. The van der Waals surface area contributed by atoms with E-state index in [9.17, 15) is 0 Å². The van der Waals surface area contributed by atoms with Crippen LogP contribution in [0.5, 0.6) is 0 Å². The zero-order valence-electron chi connectivity index (χ0n) is 10.9. The number of nitrogens with one attached hydrogen (secondary N) is 1. The number of hydrogen-bond donors (Lipinski definition) is 2. The molecule has 1 heterocycles. The van der Waals surface area contributed by atoms with Gasteiger partial charge in [0.05, 0.1) is 5.69 Å². The van der Waals surface area contributed by atoms with E-state index in [4.69, 9.17) is 5.73 Å². The van der Waals surface area contributed by atoms with Crippen LogP contribution < -0.4 is 11.1 Å². The molecule has 0 radical (unpaired) electrons. The SMILES string of the molecule is NC1CCCC(Nc2ccc(-n3cncn3)cc2)C1. The van der Waals surface area contributed by atoms with Crippen molar-refractivity contribution >= 4 is 5.69 Å². The van der Waals surface area contributed by atoms with Crippen LogP contribution in [-0.4, -0.2) is 26.8 Å². The molecule has 2 aromatic rings. The number of anilines is 1. The fourth-order valence-electron chi connectivity index (χ4n) is 2.65. The first kappa shape index (κ1) is 12.2. The Kier molecular flexibility index (Phi) is 3.46. The average Bonchev–Trinajstić information content (AvgIpc) is 2.94. The van der Waals surface area contributed by atoms with Gasteiger partial charge in [-0.05, 0) is 49.9 Å². The maximum Gasteiger partial charge on any atom is 0.138 e. The van der Waals surface area contributed by atoms with Gasteiger partial charge in [-0.15, -0.1) is 0 Å². The molecule has 5 heteroatoms. The number of rotatable bonds is 3. The largest absolute Gasteiger partial charge is 0.382 e. The van der Waals surface area contributed by atoms with E-state index in [0.717, 1.165) is 24.2 Å². The lowest BCUT2D eigenvalue weighted by molar-refractivity contribution is 0.409. The Hall–Kier alpha value is -1.88. The molecule has 0 amide bonds. The van der Waals surface area contributed by atoms with Crippen LogP contribution in [0.15, 0.2) is 36.9 Å². The molecular formula is C14H19N5. The third-order valence-corrected chi connectivity index (χ3v) is 3.64. The minimum absolute atomic E-state index is 0.348. The van der Waals surface area contributed by atoms with E-state index in [1.54, 1.807) is 11.0 Å². The molecule has 19 heavy (non-hydrogen) atoms. The molecule has 0 bridgehead atoms. The molecule has 0 saturated heterocycles. The lowest BCUT2D eigenvalue weighted by Crippen LogP contribution is -2.34. The summed E-state index contributed by atoms with van der Waals surface area (Å²) in [6, 6.07) is 9.09. The molecule has 1 fully saturated rings. The highest BCUT2D eigenvalue weighted by Gasteiger charge is 2.18. The van der Waals surface area contributed by atoms with Crippen molar-refractivity contribution in [2.75, 3.05) is 5.32 Å². The molecule has 1 aromatic carbocycles. The summed E-state index contributed by atoms with van der Waals surface area (Å²) in [5, 5.41) is 7.67. The minimum Gasteiger partial charge on any atom is -0.382 e. The third kappa shape index (κ3) is 2.93. The van der Waals surface area contributed by atoms with Crippen molar-refractivity contribution in [3.63, 3.8) is 0 Å². The molecule has 1 aliphatic rings. The normalized spacial score (nSPS) is 23.2. The third-order valence-electron chi connectivity index (χ3n) is 3.64. The number of aromatic nitrogens is 3. The molecule has 1 saturated carbocycles. The van der Waals surface area contributed by atoms with Gasteiger partial charge in [-0.2, -0.15) is 5.10 Å². The van der Waals surface area contributed by atoms with Crippen LogP contribution in [0.25, 0.3) is 5.69 Å². The van der Waals surface area contributed by atoms with Gasteiger partial charge in [-0.1, -0.05) is 0 Å². The second kappa shape index (κ2) is 5.40. The lowest BCUT2D eigenvalue weighted by atomic mass is 9.91. The van der Waals surface area contributed by atoms with Gasteiger partial charge in [0.25, 0.3) is 0 Å². The summed E-state index contributed by atoms with van der Waals surface area (Å²) in [4.78, 5) is 3.95.